The number of sulfonamides is 3. The number of carbonyl (C=O) groups is 3. The van der Waals surface area contributed by atoms with Crippen molar-refractivity contribution in [1.29, 1.82) is 0 Å². The molecule has 1 saturated carbocycles. The highest BCUT2D eigenvalue weighted by Gasteiger charge is 2.49. The minimum absolute atomic E-state index is 0.0138. The molecule has 1 heterocycles. The second kappa shape index (κ2) is 16.7. The molecule has 1 aliphatic heterocycles. The fraction of sp³-hybridized carbons (Fsp3) is 0.308. The number of rotatable bonds is 13. The third-order valence-corrected chi connectivity index (χ3v) is 16.6. The standard InChI is InChI=1S/C39H39N5O14S3/c1-39(2)35-22-15-30(58-3)25-34(35)36(45)40(37(39)46)24-23-26-9-16-32(17-10-26)60(54,55)44(61(56,57)33-20-13-29(14-21-33)43(50)51)38(47)41(27-7-5-4-6-8-27)59(52,53)31-18-11-28(12-19-31)42(48)49/h9-22,25,27H,4-8,23-24H2,1-3H3. The number of nitro groups is 2. The summed E-state index contributed by atoms with van der Waals surface area (Å²) in [5.41, 5.74) is -0.987. The molecule has 0 unspecified atom stereocenters. The third-order valence-electron chi connectivity index (χ3n) is 10.6. The predicted molar refractivity (Wildman–Crippen MR) is 216 cm³/mol. The number of methoxy groups -OCH3 is 1. The van der Waals surface area contributed by atoms with Crippen molar-refractivity contribution < 1.29 is 54.2 Å². The maximum Gasteiger partial charge on any atom is 0.362 e. The fourth-order valence-electron chi connectivity index (χ4n) is 7.31. The summed E-state index contributed by atoms with van der Waals surface area (Å²) in [6.45, 7) is 3.20. The van der Waals surface area contributed by atoms with Crippen LogP contribution in [0.25, 0.3) is 0 Å². The van der Waals surface area contributed by atoms with E-state index in [2.05, 4.69) is 0 Å². The van der Waals surface area contributed by atoms with Gasteiger partial charge in [0.2, 0.25) is 5.91 Å². The Morgan fingerprint density at radius 2 is 1.21 bits per heavy atom. The number of nitro benzene ring substituents is 2. The lowest BCUT2D eigenvalue weighted by atomic mass is 9.77. The first kappa shape index (κ1) is 44.3. The van der Waals surface area contributed by atoms with E-state index in [-0.39, 0.29) is 35.7 Å². The van der Waals surface area contributed by atoms with E-state index in [0.29, 0.717) is 48.3 Å². The van der Waals surface area contributed by atoms with E-state index >= 15 is 0 Å². The average molecular weight is 898 g/mol. The molecule has 1 fully saturated rings. The maximum absolute atomic E-state index is 14.8. The topological polar surface area (TPSA) is 259 Å². The number of carbonyl (C=O) groups excluding carboxylic acids is 3. The monoisotopic (exact) mass is 897 g/mol. The van der Waals surface area contributed by atoms with Crippen molar-refractivity contribution in [2.75, 3.05) is 13.7 Å². The number of fused-ring (bicyclic) bond motifs is 1. The lowest BCUT2D eigenvalue weighted by Gasteiger charge is -2.37. The highest BCUT2D eigenvalue weighted by atomic mass is 32.3. The van der Waals surface area contributed by atoms with Gasteiger partial charge in [0.25, 0.3) is 47.4 Å². The Labute approximate surface area is 351 Å². The van der Waals surface area contributed by atoms with E-state index in [4.69, 9.17) is 4.74 Å². The maximum atomic E-state index is 14.8. The molecular weight excluding hydrogens is 859 g/mol. The van der Waals surface area contributed by atoms with Gasteiger partial charge < -0.3 is 4.74 Å². The summed E-state index contributed by atoms with van der Waals surface area (Å²) in [7, 11) is -14.8. The zero-order valence-corrected chi connectivity index (χ0v) is 35.3. The van der Waals surface area contributed by atoms with Crippen molar-refractivity contribution in [3.63, 3.8) is 0 Å². The zero-order valence-electron chi connectivity index (χ0n) is 32.9. The van der Waals surface area contributed by atoms with Crippen LogP contribution >= 0.6 is 0 Å². The van der Waals surface area contributed by atoms with Crippen LogP contribution in [-0.2, 0) is 46.7 Å². The van der Waals surface area contributed by atoms with Crippen LogP contribution in [0.1, 0.15) is 67.4 Å². The summed E-state index contributed by atoms with van der Waals surface area (Å²) < 4.78 is 91.5. The van der Waals surface area contributed by atoms with Gasteiger partial charge in [0.15, 0.2) is 0 Å². The minimum atomic E-state index is -5.59. The SMILES string of the molecule is COc1ccc2c(c1)C(=O)N(CCc1ccc(S(=O)(=O)N(C(=O)N(C3CCCCC3)S(=O)(=O)c3ccc([N+](=O)[O-])cc3)S(=O)(=O)c3ccc([N+](=O)[O-])cc3)cc1)C(=O)C2(C)C. The second-order valence-corrected chi connectivity index (χ2v) is 20.4. The molecule has 61 heavy (non-hydrogen) atoms. The molecule has 6 rings (SSSR count). The van der Waals surface area contributed by atoms with Gasteiger partial charge in [0.1, 0.15) is 5.75 Å². The molecule has 22 heteroatoms. The lowest BCUT2D eigenvalue weighted by molar-refractivity contribution is -0.385. The number of amides is 4. The molecular formula is C39H39N5O14S3. The van der Waals surface area contributed by atoms with Gasteiger partial charge in [-0.25, -0.2) is 17.5 Å². The molecule has 4 aromatic carbocycles. The van der Waals surface area contributed by atoms with Crippen LogP contribution in [0.4, 0.5) is 16.2 Å². The highest BCUT2D eigenvalue weighted by Crippen LogP contribution is 2.37. The molecule has 0 radical (unpaired) electrons. The molecule has 0 aromatic heterocycles. The van der Waals surface area contributed by atoms with Gasteiger partial charge in [0.05, 0.1) is 43.1 Å². The molecule has 0 spiro atoms. The van der Waals surface area contributed by atoms with Gasteiger partial charge in [-0.05, 0) is 92.8 Å². The summed E-state index contributed by atoms with van der Waals surface area (Å²) in [5.74, 6) is -0.650. The summed E-state index contributed by atoms with van der Waals surface area (Å²) >= 11 is 0. The highest BCUT2D eigenvalue weighted by molar-refractivity contribution is 8.05. The van der Waals surface area contributed by atoms with Crippen molar-refractivity contribution in [1.82, 2.24) is 12.9 Å². The van der Waals surface area contributed by atoms with Gasteiger partial charge in [0, 0.05) is 36.4 Å². The van der Waals surface area contributed by atoms with Crippen molar-refractivity contribution in [2.24, 2.45) is 0 Å². The number of benzene rings is 4. The molecule has 4 aromatic rings. The molecule has 2 aliphatic rings. The van der Waals surface area contributed by atoms with Crippen LogP contribution in [0.3, 0.4) is 0 Å². The molecule has 0 N–H and O–H groups in total. The Morgan fingerprint density at radius 3 is 1.69 bits per heavy atom. The van der Waals surface area contributed by atoms with Crippen molar-refractivity contribution in [3.8, 4) is 5.75 Å². The normalized spacial score (nSPS) is 15.8. The molecule has 4 amide bonds. The van der Waals surface area contributed by atoms with Crippen LogP contribution in [0, 0.1) is 20.2 Å². The van der Waals surface area contributed by atoms with Crippen molar-refractivity contribution >= 4 is 59.3 Å². The Balaban J connectivity index is 1.39. The first-order valence-corrected chi connectivity index (χ1v) is 23.0. The zero-order chi connectivity index (χ0) is 44.7. The summed E-state index contributed by atoms with van der Waals surface area (Å²) in [4.78, 5) is 61.6. The van der Waals surface area contributed by atoms with Crippen LogP contribution in [-0.4, -0.2) is 85.6 Å². The van der Waals surface area contributed by atoms with Gasteiger partial charge in [-0.2, -0.15) is 16.8 Å². The summed E-state index contributed by atoms with van der Waals surface area (Å²) in [5, 5.41) is 22.7. The molecule has 0 saturated heterocycles. The summed E-state index contributed by atoms with van der Waals surface area (Å²) in [6, 6.07) is 12.3. The first-order valence-electron chi connectivity index (χ1n) is 18.7. The minimum Gasteiger partial charge on any atom is -0.497 e. The Morgan fingerprint density at radius 1 is 0.738 bits per heavy atom. The number of ether oxygens (including phenoxy) is 1. The number of imide groups is 1. The van der Waals surface area contributed by atoms with E-state index < -0.39 is 99.0 Å². The number of hydrogen-bond donors (Lipinski definition) is 0. The molecule has 0 bridgehead atoms. The Kier molecular flexibility index (Phi) is 12.1. The third kappa shape index (κ3) is 8.29. The van der Waals surface area contributed by atoms with Crippen molar-refractivity contribution in [3.05, 3.63) is 128 Å². The number of urea groups is 1. The van der Waals surface area contributed by atoms with E-state index in [0.717, 1.165) is 53.4 Å². The average Bonchev–Trinajstić information content (AvgIpc) is 3.23. The number of nitrogens with zero attached hydrogens (tertiary/aromatic N) is 5. The second-order valence-electron chi connectivity index (χ2n) is 14.8. The van der Waals surface area contributed by atoms with Crippen LogP contribution in [0.15, 0.2) is 106 Å². The van der Waals surface area contributed by atoms with Crippen LogP contribution < -0.4 is 4.74 Å². The molecule has 19 nitrogen and oxygen atoms in total. The number of hydrogen-bond acceptors (Lipinski definition) is 14. The van der Waals surface area contributed by atoms with E-state index in [1.165, 1.54) is 25.3 Å². The van der Waals surface area contributed by atoms with E-state index in [9.17, 15) is 59.9 Å². The van der Waals surface area contributed by atoms with E-state index in [1.807, 2.05) is 0 Å². The number of non-ortho nitro benzene ring substituents is 2. The molecule has 1 aliphatic carbocycles. The quantitative estimate of drug-likeness (QED) is 0.0907. The summed E-state index contributed by atoms with van der Waals surface area (Å²) in [6.07, 6.45) is 1.47. The lowest BCUT2D eigenvalue weighted by Crippen LogP contribution is -2.54. The van der Waals surface area contributed by atoms with Crippen LogP contribution in [0.2, 0.25) is 0 Å². The van der Waals surface area contributed by atoms with Gasteiger partial charge in [-0.15, -0.1) is 3.71 Å². The molecule has 322 valence electrons. The largest absolute Gasteiger partial charge is 0.497 e. The van der Waals surface area contributed by atoms with Crippen molar-refractivity contribution in [2.45, 2.75) is 78.5 Å². The van der Waals surface area contributed by atoms with Gasteiger partial charge in [-0.3, -0.25) is 34.7 Å². The Bertz CT molecular complexity index is 2750. The fourth-order valence-corrected chi connectivity index (χ4v) is 12.5. The smallest absolute Gasteiger partial charge is 0.362 e. The Hall–Kier alpha value is -6.26. The van der Waals surface area contributed by atoms with Gasteiger partial charge in [-0.1, -0.05) is 37.5 Å². The predicted octanol–water partition coefficient (Wildman–Crippen LogP) is 5.54. The van der Waals surface area contributed by atoms with Gasteiger partial charge >= 0.3 is 6.03 Å². The molecule has 0 atom stereocenters. The van der Waals surface area contributed by atoms with Crippen LogP contribution in [0.5, 0.6) is 5.75 Å². The first-order chi connectivity index (χ1) is 28.6. The van der Waals surface area contributed by atoms with E-state index in [1.54, 1.807) is 26.0 Å².